The summed E-state index contributed by atoms with van der Waals surface area (Å²) < 4.78 is 1.84. The van der Waals surface area contributed by atoms with E-state index in [1.807, 2.05) is 57.8 Å². The largest absolute Gasteiger partial charge is 0.382 e. The molecule has 0 radical (unpaired) electrons. The number of nitriles is 1. The molecule has 10 heteroatoms. The van der Waals surface area contributed by atoms with Gasteiger partial charge in [-0.15, -0.1) is 0 Å². The Balaban J connectivity index is 1.98. The maximum atomic E-state index is 9.35. The predicted octanol–water partition coefficient (Wildman–Crippen LogP) is 1.45. The van der Waals surface area contributed by atoms with Gasteiger partial charge in [0.2, 0.25) is 0 Å². The molecule has 1 unspecified atom stereocenters. The van der Waals surface area contributed by atoms with E-state index in [1.54, 1.807) is 0 Å². The molecule has 3 heterocycles. The molecular formula is C19H26N10. The van der Waals surface area contributed by atoms with Crippen molar-refractivity contribution < 1.29 is 0 Å². The normalized spacial score (nSPS) is 12.2. The van der Waals surface area contributed by atoms with Crippen LogP contribution in [0.25, 0.3) is 5.52 Å². The smallest absolute Gasteiger partial charge is 0.173 e. The van der Waals surface area contributed by atoms with E-state index in [-0.39, 0.29) is 17.4 Å². The summed E-state index contributed by atoms with van der Waals surface area (Å²) in [6, 6.07) is 3.76. The molecule has 3 aromatic heterocycles. The van der Waals surface area contributed by atoms with Crippen molar-refractivity contribution in [3.8, 4) is 6.07 Å². The van der Waals surface area contributed by atoms with Crippen molar-refractivity contribution in [2.24, 2.45) is 0 Å². The maximum absolute atomic E-state index is 9.35. The van der Waals surface area contributed by atoms with Crippen molar-refractivity contribution in [3.63, 3.8) is 0 Å². The molecule has 3 N–H and O–H groups in total. The highest BCUT2D eigenvalue weighted by molar-refractivity contribution is 5.73. The van der Waals surface area contributed by atoms with Gasteiger partial charge in [-0.25, -0.2) is 19.5 Å². The Morgan fingerprint density at radius 2 is 2.03 bits per heavy atom. The summed E-state index contributed by atoms with van der Waals surface area (Å²) >= 11 is 0. The molecule has 1 atom stereocenters. The third-order valence-electron chi connectivity index (χ3n) is 4.68. The fraction of sp³-hybridized carbons (Fsp3) is 0.421. The van der Waals surface area contributed by atoms with Gasteiger partial charge in [-0.3, -0.25) is 0 Å². The lowest BCUT2D eigenvalue weighted by Gasteiger charge is -2.23. The molecule has 0 aliphatic heterocycles. The van der Waals surface area contributed by atoms with Gasteiger partial charge in [0.05, 0.1) is 6.04 Å². The molecule has 0 saturated heterocycles. The zero-order valence-electron chi connectivity index (χ0n) is 17.4. The number of rotatable bonds is 7. The van der Waals surface area contributed by atoms with E-state index in [0.717, 1.165) is 30.0 Å². The highest BCUT2D eigenvalue weighted by Crippen LogP contribution is 2.26. The topological polar surface area (TPSA) is 124 Å². The molecule has 10 nitrogen and oxygen atoms in total. The van der Waals surface area contributed by atoms with E-state index < -0.39 is 0 Å². The van der Waals surface area contributed by atoms with Crippen molar-refractivity contribution in [1.82, 2.24) is 29.5 Å². The second-order valence-corrected chi connectivity index (χ2v) is 7.27. The number of nitrogens with one attached hydrogen (secondary N) is 1. The zero-order valence-corrected chi connectivity index (χ0v) is 17.4. The molecule has 152 valence electrons. The monoisotopic (exact) mass is 394 g/mol. The number of hydrogen-bond donors (Lipinski definition) is 2. The van der Waals surface area contributed by atoms with Gasteiger partial charge in [-0.2, -0.15) is 10.4 Å². The number of nitrogen functional groups attached to an aromatic ring is 1. The lowest BCUT2D eigenvalue weighted by Crippen LogP contribution is -2.30. The van der Waals surface area contributed by atoms with E-state index >= 15 is 0 Å². The average Bonchev–Trinajstić information content (AvgIpc) is 3.06. The van der Waals surface area contributed by atoms with E-state index in [1.165, 1.54) is 6.33 Å². The van der Waals surface area contributed by atoms with Crippen LogP contribution in [-0.4, -0.2) is 63.7 Å². The lowest BCUT2D eigenvalue weighted by atomic mass is 10.2. The minimum absolute atomic E-state index is 0.138. The van der Waals surface area contributed by atoms with Crippen molar-refractivity contribution in [2.75, 3.05) is 50.2 Å². The SMILES string of the molecule is Cc1ccn2nc(C(C)Nc3ncnc(N)c3C#N)nc(N(C)CCN(C)C)c12. The third-order valence-corrected chi connectivity index (χ3v) is 4.68. The molecule has 3 rings (SSSR count). The molecule has 0 bridgehead atoms. The fourth-order valence-electron chi connectivity index (χ4n) is 2.97. The van der Waals surface area contributed by atoms with Crippen molar-refractivity contribution in [2.45, 2.75) is 19.9 Å². The Kier molecular flexibility index (Phi) is 5.79. The molecule has 0 fully saturated rings. The standard InChI is InChI=1S/C19H26N10/c1-12-6-7-29-15(12)19(28(5)9-8-27(3)4)25-17(26-29)13(2)24-18-14(10-20)16(21)22-11-23-18/h6-7,11,13H,8-9H2,1-5H3,(H3,21,22,23,24). The van der Waals surface area contributed by atoms with Crippen LogP contribution in [0.4, 0.5) is 17.5 Å². The average molecular weight is 394 g/mol. The summed E-state index contributed by atoms with van der Waals surface area (Å²) in [5.74, 6) is 1.94. The fourth-order valence-corrected chi connectivity index (χ4v) is 2.97. The summed E-state index contributed by atoms with van der Waals surface area (Å²) in [6.07, 6.45) is 3.25. The van der Waals surface area contributed by atoms with Gasteiger partial charge in [0.1, 0.15) is 35.1 Å². The maximum Gasteiger partial charge on any atom is 0.173 e. The molecule has 0 spiro atoms. The van der Waals surface area contributed by atoms with Gasteiger partial charge < -0.3 is 20.9 Å². The number of fused-ring (bicyclic) bond motifs is 1. The van der Waals surface area contributed by atoms with E-state index in [2.05, 4.69) is 30.2 Å². The molecule has 0 aliphatic carbocycles. The Hall–Kier alpha value is -3.45. The van der Waals surface area contributed by atoms with Crippen LogP contribution in [0.3, 0.4) is 0 Å². The molecule has 3 aromatic rings. The Morgan fingerprint density at radius 3 is 2.72 bits per heavy atom. The summed E-state index contributed by atoms with van der Waals surface area (Å²) in [7, 11) is 6.12. The summed E-state index contributed by atoms with van der Waals surface area (Å²) in [6.45, 7) is 5.70. The first-order valence-corrected chi connectivity index (χ1v) is 9.30. The van der Waals surface area contributed by atoms with Gasteiger partial charge in [0.15, 0.2) is 11.6 Å². The first-order chi connectivity index (χ1) is 13.8. The van der Waals surface area contributed by atoms with Gasteiger partial charge >= 0.3 is 0 Å². The number of likely N-dealkylation sites (N-methyl/N-ethyl adjacent to an activating group) is 2. The Bertz CT molecular complexity index is 1050. The van der Waals surface area contributed by atoms with Crippen LogP contribution in [0.1, 0.15) is 29.9 Å². The highest BCUT2D eigenvalue weighted by atomic mass is 15.3. The Labute approximate surface area is 170 Å². The minimum Gasteiger partial charge on any atom is -0.382 e. The van der Waals surface area contributed by atoms with Crippen LogP contribution >= 0.6 is 0 Å². The number of aryl methyl sites for hydroxylation is 1. The van der Waals surface area contributed by atoms with E-state index in [4.69, 9.17) is 10.7 Å². The van der Waals surface area contributed by atoms with Crippen LogP contribution in [0.5, 0.6) is 0 Å². The number of anilines is 3. The number of nitrogens with zero attached hydrogens (tertiary/aromatic N) is 8. The summed E-state index contributed by atoms with van der Waals surface area (Å²) in [5.41, 5.74) is 8.08. The highest BCUT2D eigenvalue weighted by Gasteiger charge is 2.19. The second-order valence-electron chi connectivity index (χ2n) is 7.27. The predicted molar refractivity (Wildman–Crippen MR) is 113 cm³/mol. The van der Waals surface area contributed by atoms with Crippen LogP contribution in [-0.2, 0) is 0 Å². The van der Waals surface area contributed by atoms with Gasteiger partial charge in [0, 0.05) is 26.3 Å². The molecule has 0 saturated carbocycles. The van der Waals surface area contributed by atoms with Crippen molar-refractivity contribution in [1.29, 1.82) is 5.26 Å². The lowest BCUT2D eigenvalue weighted by molar-refractivity contribution is 0.416. The quantitative estimate of drug-likeness (QED) is 0.612. The first-order valence-electron chi connectivity index (χ1n) is 9.30. The summed E-state index contributed by atoms with van der Waals surface area (Å²) in [5, 5.41) is 17.2. The molecule has 29 heavy (non-hydrogen) atoms. The number of nitrogens with two attached hydrogens (primary N) is 1. The molecule has 0 aliphatic rings. The zero-order chi connectivity index (χ0) is 21.1. The minimum atomic E-state index is -0.301. The van der Waals surface area contributed by atoms with Crippen LogP contribution in [0, 0.1) is 18.3 Å². The summed E-state index contributed by atoms with van der Waals surface area (Å²) in [4.78, 5) is 17.1. The van der Waals surface area contributed by atoms with Crippen LogP contribution in [0.2, 0.25) is 0 Å². The molecule has 0 aromatic carbocycles. The Morgan fingerprint density at radius 1 is 1.28 bits per heavy atom. The molecular weight excluding hydrogens is 368 g/mol. The van der Waals surface area contributed by atoms with Crippen molar-refractivity contribution in [3.05, 3.63) is 35.5 Å². The van der Waals surface area contributed by atoms with Gasteiger partial charge in [0.25, 0.3) is 0 Å². The van der Waals surface area contributed by atoms with Crippen LogP contribution in [0.15, 0.2) is 18.6 Å². The number of hydrogen-bond acceptors (Lipinski definition) is 9. The van der Waals surface area contributed by atoms with Gasteiger partial charge in [-0.05, 0) is 39.6 Å². The van der Waals surface area contributed by atoms with Crippen molar-refractivity contribution >= 4 is 23.0 Å². The second kappa shape index (κ2) is 8.28. The van der Waals surface area contributed by atoms with E-state index in [0.29, 0.717) is 11.6 Å². The van der Waals surface area contributed by atoms with Gasteiger partial charge in [-0.1, -0.05) is 0 Å². The molecule has 0 amide bonds. The van der Waals surface area contributed by atoms with E-state index in [9.17, 15) is 5.26 Å². The third kappa shape index (κ3) is 4.20. The number of aromatic nitrogens is 5. The first kappa shape index (κ1) is 20.3. The van der Waals surface area contributed by atoms with Crippen LogP contribution < -0.4 is 16.0 Å².